The monoisotopic (exact) mass is 242 g/mol. The SMILES string of the molecule is C[NH+](C)CCCNC(=O)c1cccnc1Cl. The molecule has 0 aliphatic carbocycles. The number of hydrogen-bond donors (Lipinski definition) is 2. The van der Waals surface area contributed by atoms with E-state index in [4.69, 9.17) is 11.6 Å². The van der Waals surface area contributed by atoms with Crippen molar-refractivity contribution in [3.8, 4) is 0 Å². The standard InChI is InChI=1S/C11H16ClN3O/c1-15(2)8-4-7-14-11(16)9-5-3-6-13-10(9)12/h3,5-6H,4,7-8H2,1-2H3,(H,14,16)/p+1. The van der Waals surface area contributed by atoms with Crippen LogP contribution in [-0.4, -0.2) is 38.1 Å². The highest BCUT2D eigenvalue weighted by Gasteiger charge is 2.09. The molecule has 0 saturated heterocycles. The molecular weight excluding hydrogens is 226 g/mol. The van der Waals surface area contributed by atoms with E-state index in [9.17, 15) is 4.79 Å². The van der Waals surface area contributed by atoms with Gasteiger partial charge in [-0.1, -0.05) is 11.6 Å². The van der Waals surface area contributed by atoms with Gasteiger partial charge in [-0.3, -0.25) is 4.79 Å². The number of halogens is 1. The van der Waals surface area contributed by atoms with Crippen molar-refractivity contribution in [2.75, 3.05) is 27.2 Å². The highest BCUT2D eigenvalue weighted by Crippen LogP contribution is 2.10. The third-order valence-corrected chi connectivity index (χ3v) is 2.44. The first-order chi connectivity index (χ1) is 7.61. The number of rotatable bonds is 5. The van der Waals surface area contributed by atoms with E-state index in [2.05, 4.69) is 24.4 Å². The van der Waals surface area contributed by atoms with E-state index in [1.54, 1.807) is 18.3 Å². The minimum atomic E-state index is -0.160. The molecule has 1 heterocycles. The first-order valence-corrected chi connectivity index (χ1v) is 5.67. The van der Waals surface area contributed by atoms with Gasteiger partial charge < -0.3 is 10.2 Å². The molecule has 1 rings (SSSR count). The van der Waals surface area contributed by atoms with Crippen LogP contribution in [0.25, 0.3) is 0 Å². The van der Waals surface area contributed by atoms with Crippen LogP contribution in [0.1, 0.15) is 16.8 Å². The van der Waals surface area contributed by atoms with E-state index >= 15 is 0 Å². The Morgan fingerprint density at radius 1 is 1.56 bits per heavy atom. The fourth-order valence-corrected chi connectivity index (χ4v) is 1.50. The number of aromatic nitrogens is 1. The largest absolute Gasteiger partial charge is 0.352 e. The Morgan fingerprint density at radius 3 is 2.94 bits per heavy atom. The lowest BCUT2D eigenvalue weighted by atomic mass is 10.2. The summed E-state index contributed by atoms with van der Waals surface area (Å²) in [7, 11) is 4.17. The van der Waals surface area contributed by atoms with Crippen LogP contribution in [-0.2, 0) is 0 Å². The van der Waals surface area contributed by atoms with Crippen LogP contribution in [0.3, 0.4) is 0 Å². The summed E-state index contributed by atoms with van der Waals surface area (Å²) in [6.45, 7) is 1.69. The smallest absolute Gasteiger partial charge is 0.254 e. The topological polar surface area (TPSA) is 46.4 Å². The number of nitrogens with one attached hydrogen (secondary N) is 2. The molecule has 1 aromatic heterocycles. The highest BCUT2D eigenvalue weighted by molar-refractivity contribution is 6.32. The summed E-state index contributed by atoms with van der Waals surface area (Å²) in [5.74, 6) is -0.160. The van der Waals surface area contributed by atoms with Gasteiger partial charge >= 0.3 is 0 Å². The van der Waals surface area contributed by atoms with Gasteiger partial charge in [0.05, 0.1) is 26.2 Å². The summed E-state index contributed by atoms with van der Waals surface area (Å²) in [6.07, 6.45) is 2.51. The van der Waals surface area contributed by atoms with Gasteiger partial charge in [0, 0.05) is 19.2 Å². The molecule has 0 radical (unpaired) electrons. The van der Waals surface area contributed by atoms with Crippen molar-refractivity contribution < 1.29 is 9.69 Å². The number of pyridine rings is 1. The van der Waals surface area contributed by atoms with Crippen molar-refractivity contribution in [3.05, 3.63) is 29.0 Å². The third-order valence-electron chi connectivity index (χ3n) is 2.14. The van der Waals surface area contributed by atoms with Gasteiger partial charge in [0.1, 0.15) is 5.15 Å². The fourth-order valence-electron chi connectivity index (χ4n) is 1.29. The van der Waals surface area contributed by atoms with Crippen LogP contribution in [0.2, 0.25) is 5.15 Å². The Bertz CT molecular complexity index is 355. The van der Waals surface area contributed by atoms with E-state index in [-0.39, 0.29) is 11.1 Å². The zero-order valence-electron chi connectivity index (χ0n) is 9.59. The highest BCUT2D eigenvalue weighted by atomic mass is 35.5. The van der Waals surface area contributed by atoms with Gasteiger partial charge in [0.2, 0.25) is 0 Å². The summed E-state index contributed by atoms with van der Waals surface area (Å²) in [6, 6.07) is 3.37. The molecule has 1 aromatic rings. The number of carbonyl (C=O) groups excluding carboxylic acids is 1. The quantitative estimate of drug-likeness (QED) is 0.564. The molecule has 16 heavy (non-hydrogen) atoms. The maximum Gasteiger partial charge on any atom is 0.254 e. The van der Waals surface area contributed by atoms with Gasteiger partial charge in [0.15, 0.2) is 0 Å². The number of nitrogens with zero attached hydrogens (tertiary/aromatic N) is 1. The average Bonchev–Trinajstić information content (AvgIpc) is 2.24. The Labute approximate surface area is 101 Å². The Balaban J connectivity index is 2.39. The molecule has 0 spiro atoms. The van der Waals surface area contributed by atoms with Crippen LogP contribution >= 0.6 is 11.6 Å². The minimum absolute atomic E-state index is 0.160. The maximum absolute atomic E-state index is 11.7. The van der Waals surface area contributed by atoms with Crippen molar-refractivity contribution >= 4 is 17.5 Å². The Kier molecular flexibility index (Phi) is 5.22. The molecule has 5 heteroatoms. The van der Waals surface area contributed by atoms with E-state index < -0.39 is 0 Å². The lowest BCUT2D eigenvalue weighted by Crippen LogP contribution is -3.05. The van der Waals surface area contributed by atoms with E-state index in [0.29, 0.717) is 12.1 Å². The summed E-state index contributed by atoms with van der Waals surface area (Å²) < 4.78 is 0. The second-order valence-electron chi connectivity index (χ2n) is 3.91. The predicted octanol–water partition coefficient (Wildman–Crippen LogP) is -0.000600. The van der Waals surface area contributed by atoms with Crippen molar-refractivity contribution in [1.29, 1.82) is 0 Å². The normalized spacial score (nSPS) is 10.5. The molecule has 88 valence electrons. The van der Waals surface area contributed by atoms with Crippen LogP contribution in [0.4, 0.5) is 0 Å². The van der Waals surface area contributed by atoms with Crippen LogP contribution < -0.4 is 10.2 Å². The van der Waals surface area contributed by atoms with Crippen LogP contribution in [0.5, 0.6) is 0 Å². The zero-order valence-corrected chi connectivity index (χ0v) is 10.3. The van der Waals surface area contributed by atoms with E-state index in [1.807, 2.05) is 0 Å². The Morgan fingerprint density at radius 2 is 2.31 bits per heavy atom. The summed E-state index contributed by atoms with van der Waals surface area (Å²) in [5.41, 5.74) is 0.432. The number of carbonyl (C=O) groups is 1. The van der Waals surface area contributed by atoms with Gasteiger partial charge in [0.25, 0.3) is 5.91 Å². The predicted molar refractivity (Wildman–Crippen MR) is 63.9 cm³/mol. The van der Waals surface area contributed by atoms with Gasteiger partial charge in [-0.15, -0.1) is 0 Å². The first kappa shape index (κ1) is 12.9. The van der Waals surface area contributed by atoms with E-state index in [0.717, 1.165) is 13.0 Å². The fraction of sp³-hybridized carbons (Fsp3) is 0.455. The lowest BCUT2D eigenvalue weighted by Gasteiger charge is -2.08. The summed E-state index contributed by atoms with van der Waals surface area (Å²) in [4.78, 5) is 16.9. The Hall–Kier alpha value is -1.13. The second kappa shape index (κ2) is 6.45. The van der Waals surface area contributed by atoms with Crippen molar-refractivity contribution in [2.45, 2.75) is 6.42 Å². The van der Waals surface area contributed by atoms with E-state index in [1.165, 1.54) is 4.90 Å². The molecular formula is C11H17ClN3O+. The van der Waals surface area contributed by atoms with Crippen LogP contribution in [0.15, 0.2) is 18.3 Å². The molecule has 0 aliphatic heterocycles. The molecule has 0 atom stereocenters. The molecule has 0 bridgehead atoms. The zero-order chi connectivity index (χ0) is 12.0. The molecule has 0 aromatic carbocycles. The van der Waals surface area contributed by atoms with Gasteiger partial charge in [-0.05, 0) is 12.1 Å². The number of quaternary nitrogens is 1. The average molecular weight is 243 g/mol. The number of amides is 1. The second-order valence-corrected chi connectivity index (χ2v) is 4.27. The van der Waals surface area contributed by atoms with Crippen molar-refractivity contribution in [1.82, 2.24) is 10.3 Å². The molecule has 4 nitrogen and oxygen atoms in total. The van der Waals surface area contributed by atoms with Crippen LogP contribution in [0, 0.1) is 0 Å². The first-order valence-electron chi connectivity index (χ1n) is 5.29. The maximum atomic E-state index is 11.7. The molecule has 1 amide bonds. The molecule has 0 saturated carbocycles. The minimum Gasteiger partial charge on any atom is -0.352 e. The summed E-state index contributed by atoms with van der Waals surface area (Å²) >= 11 is 5.81. The molecule has 2 N–H and O–H groups in total. The van der Waals surface area contributed by atoms with Gasteiger partial charge in [-0.2, -0.15) is 0 Å². The molecule has 0 fully saturated rings. The van der Waals surface area contributed by atoms with Gasteiger partial charge in [-0.25, -0.2) is 4.98 Å². The third kappa shape index (κ3) is 4.16. The summed E-state index contributed by atoms with van der Waals surface area (Å²) in [5, 5.41) is 3.07. The number of hydrogen-bond acceptors (Lipinski definition) is 2. The molecule has 0 aliphatic rings. The molecule has 0 unspecified atom stereocenters. The van der Waals surface area contributed by atoms with Crippen molar-refractivity contribution in [2.24, 2.45) is 0 Å². The lowest BCUT2D eigenvalue weighted by molar-refractivity contribution is -0.858. The van der Waals surface area contributed by atoms with Crippen molar-refractivity contribution in [3.63, 3.8) is 0 Å².